The molecule has 0 bridgehead atoms. The van der Waals surface area contributed by atoms with Crippen molar-refractivity contribution in [3.8, 4) is 0 Å². The number of rotatable bonds is 5. The normalized spacial score (nSPS) is 19.8. The van der Waals surface area contributed by atoms with Crippen molar-refractivity contribution < 1.29 is 23.1 Å². The summed E-state index contributed by atoms with van der Waals surface area (Å²) in [6, 6.07) is 12.8. The number of anilines is 1. The summed E-state index contributed by atoms with van der Waals surface area (Å²) in [7, 11) is -3.90. The van der Waals surface area contributed by atoms with Crippen LogP contribution in [-0.2, 0) is 19.6 Å². The Labute approximate surface area is 187 Å². The lowest BCUT2D eigenvalue weighted by Gasteiger charge is -2.34. The van der Waals surface area contributed by atoms with E-state index in [0.717, 1.165) is 23.3 Å². The average Bonchev–Trinajstić information content (AvgIpc) is 3.04. The molecule has 2 heterocycles. The largest absolute Gasteiger partial charge is 0.396 e. The number of carbonyl (C=O) groups is 2. The summed E-state index contributed by atoms with van der Waals surface area (Å²) in [5, 5.41) is 14.8. The van der Waals surface area contributed by atoms with Crippen LogP contribution in [0.15, 0.2) is 59.1 Å². The van der Waals surface area contributed by atoms with Gasteiger partial charge in [0.15, 0.2) is 0 Å². The number of primary sulfonamides is 1. The van der Waals surface area contributed by atoms with Crippen molar-refractivity contribution in [2.24, 2.45) is 11.1 Å². The van der Waals surface area contributed by atoms with Crippen LogP contribution < -0.4 is 10.0 Å². The molecular formula is C23H25N3O5S. The maximum absolute atomic E-state index is 13.5. The minimum Gasteiger partial charge on any atom is -0.396 e. The molecule has 0 aliphatic carbocycles. The molecule has 1 saturated heterocycles. The minimum absolute atomic E-state index is 0.0184. The molecule has 2 amide bonds. The number of aliphatic hydroxyl groups is 1. The van der Waals surface area contributed by atoms with Crippen molar-refractivity contribution in [3.63, 3.8) is 0 Å². The van der Waals surface area contributed by atoms with Gasteiger partial charge in [-0.05, 0) is 55.5 Å². The summed E-state index contributed by atoms with van der Waals surface area (Å²) in [6.45, 7) is 3.05. The Balaban J connectivity index is 1.78. The molecule has 0 radical (unpaired) electrons. The number of benzene rings is 2. The van der Waals surface area contributed by atoms with Crippen LogP contribution in [0, 0.1) is 12.8 Å². The zero-order valence-electron chi connectivity index (χ0n) is 17.7. The molecule has 1 unspecified atom stereocenters. The number of nitrogens with two attached hydrogens (primary N) is 1. The number of imide groups is 1. The second-order valence-electron chi connectivity index (χ2n) is 8.21. The van der Waals surface area contributed by atoms with Crippen LogP contribution in [0.3, 0.4) is 0 Å². The van der Waals surface area contributed by atoms with Crippen LogP contribution >= 0.6 is 0 Å². The van der Waals surface area contributed by atoms with Gasteiger partial charge in [0.1, 0.15) is 5.70 Å². The van der Waals surface area contributed by atoms with E-state index in [9.17, 15) is 23.1 Å². The van der Waals surface area contributed by atoms with Crippen LogP contribution in [0.1, 0.15) is 24.0 Å². The Hall–Kier alpha value is -3.01. The number of carbonyl (C=O) groups excluding carboxylic acids is 2. The second-order valence-corrected chi connectivity index (χ2v) is 9.77. The molecule has 2 aromatic rings. The van der Waals surface area contributed by atoms with Gasteiger partial charge in [-0.3, -0.25) is 9.59 Å². The molecule has 0 aromatic heterocycles. The second kappa shape index (κ2) is 8.50. The third-order valence-electron chi connectivity index (χ3n) is 5.92. The highest BCUT2D eigenvalue weighted by Gasteiger charge is 2.43. The molecule has 8 nitrogen and oxygen atoms in total. The van der Waals surface area contributed by atoms with Crippen LogP contribution in [0.2, 0.25) is 0 Å². The number of hydrogen-bond acceptors (Lipinski definition) is 6. The smallest absolute Gasteiger partial charge is 0.282 e. The van der Waals surface area contributed by atoms with E-state index in [4.69, 9.17) is 5.14 Å². The molecule has 168 valence electrons. The highest BCUT2D eigenvalue weighted by atomic mass is 32.2. The number of amides is 2. The maximum Gasteiger partial charge on any atom is 0.282 e. The summed E-state index contributed by atoms with van der Waals surface area (Å²) >= 11 is 0. The van der Waals surface area contributed by atoms with Gasteiger partial charge in [0.2, 0.25) is 10.0 Å². The maximum atomic E-state index is 13.5. The number of aryl methyl sites for hydroxylation is 1. The predicted molar refractivity (Wildman–Crippen MR) is 120 cm³/mol. The van der Waals surface area contributed by atoms with Crippen LogP contribution in [0.25, 0.3) is 5.57 Å². The van der Waals surface area contributed by atoms with E-state index in [0.29, 0.717) is 29.9 Å². The van der Waals surface area contributed by atoms with Gasteiger partial charge in [-0.1, -0.05) is 29.8 Å². The first-order chi connectivity index (χ1) is 15.2. The number of piperidine rings is 1. The zero-order valence-corrected chi connectivity index (χ0v) is 18.5. The lowest BCUT2D eigenvalue weighted by atomic mass is 9.96. The number of sulfonamides is 1. The molecule has 3 N–H and O–H groups in total. The van der Waals surface area contributed by atoms with Crippen LogP contribution in [0.5, 0.6) is 0 Å². The van der Waals surface area contributed by atoms with Gasteiger partial charge in [0, 0.05) is 19.7 Å². The lowest BCUT2D eigenvalue weighted by molar-refractivity contribution is -0.120. The number of likely N-dealkylation sites (tertiary alicyclic amines) is 1. The lowest BCUT2D eigenvalue weighted by Crippen LogP contribution is -2.40. The van der Waals surface area contributed by atoms with Gasteiger partial charge in [-0.25, -0.2) is 18.5 Å². The van der Waals surface area contributed by atoms with Crippen molar-refractivity contribution in [3.05, 3.63) is 65.4 Å². The number of aliphatic hydroxyl groups excluding tert-OH is 1. The van der Waals surface area contributed by atoms with Crippen LogP contribution in [-0.4, -0.2) is 49.9 Å². The molecule has 0 spiro atoms. The van der Waals surface area contributed by atoms with E-state index in [1.165, 1.54) is 24.3 Å². The van der Waals surface area contributed by atoms with Gasteiger partial charge in [-0.2, -0.15) is 0 Å². The summed E-state index contributed by atoms with van der Waals surface area (Å²) < 4.78 is 23.1. The first-order valence-corrected chi connectivity index (χ1v) is 11.9. The first-order valence-electron chi connectivity index (χ1n) is 10.4. The standard InChI is InChI=1S/C23H25N3O5S/c1-15-4-6-17(7-5-15)20-21(25-12-2-3-16(13-25)14-27)23(29)26(22(20)28)18-8-10-19(11-9-18)32(24,30)31/h4-11,16,27H,2-3,12-14H2,1H3,(H2,24,30,31). The van der Waals surface area contributed by atoms with E-state index in [1.807, 2.05) is 36.1 Å². The predicted octanol–water partition coefficient (Wildman–Crippen LogP) is 1.63. The van der Waals surface area contributed by atoms with Crippen molar-refractivity contribution in [2.45, 2.75) is 24.7 Å². The van der Waals surface area contributed by atoms with Gasteiger partial charge < -0.3 is 10.0 Å². The molecule has 0 saturated carbocycles. The Bertz CT molecular complexity index is 1190. The Kier molecular flexibility index (Phi) is 5.89. The Morgan fingerprint density at radius 3 is 2.28 bits per heavy atom. The molecule has 1 fully saturated rings. The quantitative estimate of drug-likeness (QED) is 0.661. The van der Waals surface area contributed by atoms with Crippen molar-refractivity contribution in [1.29, 1.82) is 0 Å². The highest BCUT2D eigenvalue weighted by molar-refractivity contribution is 7.89. The SMILES string of the molecule is Cc1ccc(C2=C(N3CCCC(CO)C3)C(=O)N(c3ccc(S(N)(=O)=O)cc3)C2=O)cc1. The van der Waals surface area contributed by atoms with E-state index in [-0.39, 0.29) is 23.1 Å². The Morgan fingerprint density at radius 1 is 1.03 bits per heavy atom. The first kappa shape index (κ1) is 22.2. The van der Waals surface area contributed by atoms with E-state index in [2.05, 4.69) is 0 Å². The van der Waals surface area contributed by atoms with E-state index >= 15 is 0 Å². The zero-order chi connectivity index (χ0) is 23.0. The van der Waals surface area contributed by atoms with Crippen molar-refractivity contribution in [1.82, 2.24) is 4.90 Å². The van der Waals surface area contributed by atoms with Crippen LogP contribution in [0.4, 0.5) is 5.69 Å². The fraction of sp³-hybridized carbons (Fsp3) is 0.304. The van der Waals surface area contributed by atoms with Crippen molar-refractivity contribution >= 4 is 33.1 Å². The molecular weight excluding hydrogens is 430 g/mol. The average molecular weight is 456 g/mol. The third kappa shape index (κ3) is 4.06. The summed E-state index contributed by atoms with van der Waals surface area (Å²) in [4.78, 5) is 29.9. The van der Waals surface area contributed by atoms with Gasteiger partial charge in [-0.15, -0.1) is 0 Å². The molecule has 32 heavy (non-hydrogen) atoms. The topological polar surface area (TPSA) is 121 Å². The Morgan fingerprint density at radius 2 is 1.69 bits per heavy atom. The number of hydrogen-bond donors (Lipinski definition) is 2. The molecule has 9 heteroatoms. The van der Waals surface area contributed by atoms with E-state index in [1.54, 1.807) is 0 Å². The fourth-order valence-electron chi connectivity index (χ4n) is 4.23. The highest BCUT2D eigenvalue weighted by Crippen LogP contribution is 2.36. The molecule has 2 aliphatic heterocycles. The molecule has 4 rings (SSSR count). The van der Waals surface area contributed by atoms with Gasteiger partial charge in [0.05, 0.1) is 16.2 Å². The van der Waals surface area contributed by atoms with Gasteiger partial charge >= 0.3 is 0 Å². The molecule has 2 aliphatic rings. The fourth-order valence-corrected chi connectivity index (χ4v) is 4.74. The van der Waals surface area contributed by atoms with E-state index < -0.39 is 21.8 Å². The minimum atomic E-state index is -3.90. The van der Waals surface area contributed by atoms with Gasteiger partial charge in [0.25, 0.3) is 11.8 Å². The summed E-state index contributed by atoms with van der Waals surface area (Å²) in [5.74, 6) is -0.905. The summed E-state index contributed by atoms with van der Waals surface area (Å²) in [6.07, 6.45) is 1.67. The number of nitrogens with zero attached hydrogens (tertiary/aromatic N) is 2. The van der Waals surface area contributed by atoms with Crippen molar-refractivity contribution in [2.75, 3.05) is 24.6 Å². The molecule has 2 aromatic carbocycles. The monoisotopic (exact) mass is 455 g/mol. The third-order valence-corrected chi connectivity index (χ3v) is 6.85. The molecule has 1 atom stereocenters. The summed E-state index contributed by atoms with van der Waals surface area (Å²) in [5.41, 5.74) is 2.56.